The van der Waals surface area contributed by atoms with Crippen LogP contribution >= 0.6 is 11.3 Å². The number of anilines is 2. The summed E-state index contributed by atoms with van der Waals surface area (Å²) in [4.78, 5) is 31.6. The number of pyridine rings is 1. The number of hydrogen-bond donors (Lipinski definition) is 1. The fourth-order valence-electron chi connectivity index (χ4n) is 3.23. The van der Waals surface area contributed by atoms with E-state index in [4.69, 9.17) is 4.74 Å². The summed E-state index contributed by atoms with van der Waals surface area (Å²) in [5.74, 6) is 0.571. The first-order valence-electron chi connectivity index (χ1n) is 9.75. The molecule has 1 fully saturated rings. The highest BCUT2D eigenvalue weighted by Gasteiger charge is 2.22. The van der Waals surface area contributed by atoms with Gasteiger partial charge in [0.25, 0.3) is 0 Å². The van der Waals surface area contributed by atoms with Crippen LogP contribution in [-0.4, -0.2) is 47.0 Å². The highest BCUT2D eigenvalue weighted by molar-refractivity contribution is 7.09. The van der Waals surface area contributed by atoms with Gasteiger partial charge in [-0.1, -0.05) is 6.07 Å². The minimum Gasteiger partial charge on any atom is -0.488 e. The molecular formula is C21H21N5O4S. The van der Waals surface area contributed by atoms with Crippen LogP contribution in [0.4, 0.5) is 22.0 Å². The molecule has 3 heterocycles. The van der Waals surface area contributed by atoms with E-state index < -0.39 is 4.92 Å². The molecule has 160 valence electrons. The predicted molar refractivity (Wildman–Crippen MR) is 119 cm³/mol. The number of nitrogens with zero attached hydrogens (tertiary/aromatic N) is 4. The lowest BCUT2D eigenvalue weighted by Crippen LogP contribution is -2.50. The standard InChI is InChI=1S/C21H21N5O4S/c27-21(23-16-3-6-18(7-4-16)30-15-19-2-1-13-31-19)25-11-9-24(10-12-25)17-5-8-20(22-14-17)26(28)29/h1-8,13-14H,9-12,15H2,(H,23,27). The minimum absolute atomic E-state index is 0.159. The van der Waals surface area contributed by atoms with Crippen molar-refractivity contribution < 1.29 is 14.5 Å². The molecule has 2 amide bonds. The molecule has 0 aliphatic carbocycles. The van der Waals surface area contributed by atoms with E-state index in [0.29, 0.717) is 38.5 Å². The van der Waals surface area contributed by atoms with Crippen molar-refractivity contribution in [2.75, 3.05) is 36.4 Å². The molecule has 9 nitrogen and oxygen atoms in total. The zero-order valence-electron chi connectivity index (χ0n) is 16.6. The monoisotopic (exact) mass is 439 g/mol. The number of rotatable bonds is 6. The van der Waals surface area contributed by atoms with Gasteiger partial charge in [0.05, 0.1) is 5.69 Å². The molecular weight excluding hydrogens is 418 g/mol. The molecule has 1 N–H and O–H groups in total. The fraction of sp³-hybridized carbons (Fsp3) is 0.238. The number of nitrogens with one attached hydrogen (secondary N) is 1. The minimum atomic E-state index is -0.519. The van der Waals surface area contributed by atoms with Crippen LogP contribution in [0.3, 0.4) is 0 Å². The Bertz CT molecular complexity index is 1020. The van der Waals surface area contributed by atoms with Crippen LogP contribution in [0.1, 0.15) is 4.88 Å². The number of aromatic nitrogens is 1. The third kappa shape index (κ3) is 5.28. The number of amides is 2. The Morgan fingerprint density at radius 2 is 1.90 bits per heavy atom. The molecule has 10 heteroatoms. The summed E-state index contributed by atoms with van der Waals surface area (Å²) in [7, 11) is 0. The summed E-state index contributed by atoms with van der Waals surface area (Å²) in [6.07, 6.45) is 1.50. The summed E-state index contributed by atoms with van der Waals surface area (Å²) in [5, 5.41) is 15.7. The molecule has 1 aliphatic heterocycles. The second kappa shape index (κ2) is 9.43. The molecule has 1 aromatic carbocycles. The van der Waals surface area contributed by atoms with E-state index in [0.717, 1.165) is 16.3 Å². The van der Waals surface area contributed by atoms with Crippen molar-refractivity contribution in [3.8, 4) is 5.75 Å². The van der Waals surface area contributed by atoms with E-state index in [1.165, 1.54) is 12.3 Å². The van der Waals surface area contributed by atoms with Gasteiger partial charge < -0.3 is 30.0 Å². The van der Waals surface area contributed by atoms with Crippen LogP contribution in [0.25, 0.3) is 0 Å². The van der Waals surface area contributed by atoms with Crippen molar-refractivity contribution in [3.05, 3.63) is 75.1 Å². The Morgan fingerprint density at radius 3 is 2.52 bits per heavy atom. The molecule has 0 spiro atoms. The zero-order valence-corrected chi connectivity index (χ0v) is 17.5. The number of piperazine rings is 1. The first-order valence-corrected chi connectivity index (χ1v) is 10.6. The van der Waals surface area contributed by atoms with Crippen molar-refractivity contribution in [3.63, 3.8) is 0 Å². The maximum atomic E-state index is 12.6. The van der Waals surface area contributed by atoms with E-state index in [2.05, 4.69) is 15.2 Å². The normalized spacial score (nSPS) is 13.7. The molecule has 0 bridgehead atoms. The molecule has 1 aliphatic rings. The van der Waals surface area contributed by atoms with Crippen LogP contribution in [0, 0.1) is 10.1 Å². The van der Waals surface area contributed by atoms with Gasteiger partial charge in [-0.3, -0.25) is 0 Å². The maximum absolute atomic E-state index is 12.6. The maximum Gasteiger partial charge on any atom is 0.363 e. The molecule has 4 rings (SSSR count). The van der Waals surface area contributed by atoms with Gasteiger partial charge in [-0.15, -0.1) is 11.3 Å². The number of ether oxygens (including phenoxy) is 1. The lowest BCUT2D eigenvalue weighted by molar-refractivity contribution is -0.389. The van der Waals surface area contributed by atoms with E-state index in [1.54, 1.807) is 22.3 Å². The SMILES string of the molecule is O=C(Nc1ccc(OCc2cccs2)cc1)N1CCN(c2ccc([N+](=O)[O-])nc2)CC1. The second-order valence-electron chi connectivity index (χ2n) is 6.93. The van der Waals surface area contributed by atoms with Crippen molar-refractivity contribution in [1.29, 1.82) is 0 Å². The van der Waals surface area contributed by atoms with Crippen molar-refractivity contribution in [2.45, 2.75) is 6.61 Å². The van der Waals surface area contributed by atoms with Gasteiger partial charge in [0.2, 0.25) is 0 Å². The van der Waals surface area contributed by atoms with Gasteiger partial charge in [-0.2, -0.15) is 0 Å². The average Bonchev–Trinajstić information content (AvgIpc) is 3.32. The summed E-state index contributed by atoms with van der Waals surface area (Å²) >= 11 is 1.65. The molecule has 31 heavy (non-hydrogen) atoms. The van der Waals surface area contributed by atoms with Gasteiger partial charge in [0.1, 0.15) is 12.4 Å². The van der Waals surface area contributed by atoms with Crippen molar-refractivity contribution >= 4 is 34.6 Å². The van der Waals surface area contributed by atoms with Gasteiger partial charge in [-0.25, -0.2) is 4.79 Å². The first kappa shape index (κ1) is 20.6. The Kier molecular flexibility index (Phi) is 6.27. The molecule has 1 saturated heterocycles. The summed E-state index contributed by atoms with van der Waals surface area (Å²) < 4.78 is 5.74. The predicted octanol–water partition coefficient (Wildman–Crippen LogP) is 3.98. The highest BCUT2D eigenvalue weighted by Crippen LogP contribution is 2.20. The lowest BCUT2D eigenvalue weighted by Gasteiger charge is -2.35. The quantitative estimate of drug-likeness (QED) is 0.460. The lowest BCUT2D eigenvalue weighted by atomic mass is 10.2. The van der Waals surface area contributed by atoms with Crippen LogP contribution in [0.2, 0.25) is 0 Å². The van der Waals surface area contributed by atoms with Gasteiger partial charge >= 0.3 is 11.8 Å². The second-order valence-corrected chi connectivity index (χ2v) is 7.96. The first-order chi connectivity index (χ1) is 15.1. The summed E-state index contributed by atoms with van der Waals surface area (Å²) in [6.45, 7) is 2.87. The fourth-order valence-corrected chi connectivity index (χ4v) is 3.84. The average molecular weight is 439 g/mol. The third-order valence-electron chi connectivity index (χ3n) is 4.92. The van der Waals surface area contributed by atoms with Crippen LogP contribution in [0.15, 0.2) is 60.1 Å². The van der Waals surface area contributed by atoms with Crippen LogP contribution in [-0.2, 0) is 6.61 Å². The van der Waals surface area contributed by atoms with E-state index >= 15 is 0 Å². The van der Waals surface area contributed by atoms with Crippen LogP contribution < -0.4 is 15.0 Å². The number of nitro groups is 1. The largest absolute Gasteiger partial charge is 0.488 e. The molecule has 3 aromatic rings. The molecule has 0 atom stereocenters. The topological polar surface area (TPSA) is 101 Å². The number of hydrogen-bond acceptors (Lipinski definition) is 7. The van der Waals surface area contributed by atoms with Crippen molar-refractivity contribution in [1.82, 2.24) is 9.88 Å². The van der Waals surface area contributed by atoms with Gasteiger partial charge in [-0.05, 0) is 51.7 Å². The smallest absolute Gasteiger partial charge is 0.363 e. The molecule has 0 radical (unpaired) electrons. The van der Waals surface area contributed by atoms with E-state index in [-0.39, 0.29) is 11.8 Å². The Morgan fingerprint density at radius 1 is 1.13 bits per heavy atom. The zero-order chi connectivity index (χ0) is 21.6. The number of benzene rings is 1. The van der Waals surface area contributed by atoms with Crippen LogP contribution in [0.5, 0.6) is 5.75 Å². The van der Waals surface area contributed by atoms with Gasteiger partial charge in [0.15, 0.2) is 6.20 Å². The Hall–Kier alpha value is -3.66. The highest BCUT2D eigenvalue weighted by atomic mass is 32.1. The number of urea groups is 1. The molecule has 0 saturated carbocycles. The number of carbonyl (C=O) groups is 1. The van der Waals surface area contributed by atoms with Gasteiger partial charge in [0, 0.05) is 42.8 Å². The van der Waals surface area contributed by atoms with Crippen molar-refractivity contribution in [2.24, 2.45) is 0 Å². The van der Waals surface area contributed by atoms with E-state index in [9.17, 15) is 14.9 Å². The van der Waals surface area contributed by atoms with E-state index in [1.807, 2.05) is 41.8 Å². The third-order valence-corrected chi connectivity index (χ3v) is 5.77. The summed E-state index contributed by atoms with van der Waals surface area (Å²) in [6, 6.07) is 14.2. The number of carbonyl (C=O) groups excluding carboxylic acids is 1. The Balaban J connectivity index is 1.25. The summed E-state index contributed by atoms with van der Waals surface area (Å²) in [5.41, 5.74) is 1.51. The molecule has 0 unspecified atom stereocenters. The number of thiophene rings is 1. The molecule has 2 aromatic heterocycles. The Labute approximate surface area is 183 Å².